The molecule has 0 atom stereocenters. The van der Waals surface area contributed by atoms with Gasteiger partial charge in [-0.2, -0.15) is 0 Å². The van der Waals surface area contributed by atoms with E-state index in [1.165, 1.54) is 33.2 Å². The molecule has 0 amide bonds. The molecule has 0 bridgehead atoms. The molecule has 0 saturated carbocycles. The third-order valence-electron chi connectivity index (χ3n) is 4.14. The Morgan fingerprint density at radius 1 is 0.773 bits per heavy atom. The maximum absolute atomic E-state index is 4.91. The minimum absolute atomic E-state index is 0.483. The lowest BCUT2D eigenvalue weighted by atomic mass is 9.94. The van der Waals surface area contributed by atoms with Crippen molar-refractivity contribution in [1.29, 1.82) is 0 Å². The first-order valence-corrected chi connectivity index (χ1v) is 7.94. The SMILES string of the molecule is Cc1cc(C)cc(-c2cc(C(C)C)c3cc(C)ccc3n2)c1. The summed E-state index contributed by atoms with van der Waals surface area (Å²) in [6, 6.07) is 15.5. The van der Waals surface area contributed by atoms with Crippen LogP contribution in [0.1, 0.15) is 42.0 Å². The topological polar surface area (TPSA) is 12.9 Å². The number of nitrogens with zero attached hydrogens (tertiary/aromatic N) is 1. The highest BCUT2D eigenvalue weighted by molar-refractivity contribution is 5.86. The smallest absolute Gasteiger partial charge is 0.0712 e. The molecule has 0 aliphatic rings. The first-order chi connectivity index (χ1) is 10.4. The van der Waals surface area contributed by atoms with Crippen LogP contribution in [0.2, 0.25) is 0 Å². The summed E-state index contributed by atoms with van der Waals surface area (Å²) in [4.78, 5) is 4.91. The van der Waals surface area contributed by atoms with Crippen LogP contribution < -0.4 is 0 Å². The van der Waals surface area contributed by atoms with Gasteiger partial charge in [0.25, 0.3) is 0 Å². The predicted molar refractivity (Wildman–Crippen MR) is 95.5 cm³/mol. The van der Waals surface area contributed by atoms with E-state index in [9.17, 15) is 0 Å². The molecule has 3 aromatic rings. The monoisotopic (exact) mass is 289 g/mol. The van der Waals surface area contributed by atoms with Gasteiger partial charge in [0, 0.05) is 10.9 Å². The van der Waals surface area contributed by atoms with E-state index in [4.69, 9.17) is 4.98 Å². The van der Waals surface area contributed by atoms with Crippen molar-refractivity contribution in [3.63, 3.8) is 0 Å². The van der Waals surface area contributed by atoms with Gasteiger partial charge < -0.3 is 0 Å². The average Bonchev–Trinajstić information content (AvgIpc) is 2.44. The van der Waals surface area contributed by atoms with Crippen molar-refractivity contribution < 1.29 is 0 Å². The molecule has 112 valence electrons. The molecule has 0 radical (unpaired) electrons. The molecule has 0 aliphatic heterocycles. The maximum atomic E-state index is 4.91. The van der Waals surface area contributed by atoms with Crippen molar-refractivity contribution in [1.82, 2.24) is 4.98 Å². The van der Waals surface area contributed by atoms with Crippen molar-refractivity contribution in [2.45, 2.75) is 40.5 Å². The molecule has 0 unspecified atom stereocenters. The number of hydrogen-bond donors (Lipinski definition) is 0. The number of aryl methyl sites for hydroxylation is 3. The van der Waals surface area contributed by atoms with Gasteiger partial charge in [0.2, 0.25) is 0 Å². The van der Waals surface area contributed by atoms with Crippen LogP contribution in [-0.4, -0.2) is 4.98 Å². The fourth-order valence-corrected chi connectivity index (χ4v) is 3.11. The first-order valence-electron chi connectivity index (χ1n) is 7.94. The van der Waals surface area contributed by atoms with Gasteiger partial charge in [-0.15, -0.1) is 0 Å². The zero-order chi connectivity index (χ0) is 15.9. The Kier molecular flexibility index (Phi) is 3.74. The number of rotatable bonds is 2. The van der Waals surface area contributed by atoms with E-state index < -0.39 is 0 Å². The van der Waals surface area contributed by atoms with Crippen LogP contribution in [0, 0.1) is 20.8 Å². The Balaban J connectivity index is 2.29. The van der Waals surface area contributed by atoms with Gasteiger partial charge in [0.1, 0.15) is 0 Å². The largest absolute Gasteiger partial charge is 0.248 e. The molecular formula is C21H23N. The molecule has 0 aliphatic carbocycles. The lowest BCUT2D eigenvalue weighted by Gasteiger charge is -2.14. The molecule has 1 heterocycles. The van der Waals surface area contributed by atoms with Crippen molar-refractivity contribution in [2.75, 3.05) is 0 Å². The molecule has 22 heavy (non-hydrogen) atoms. The van der Waals surface area contributed by atoms with Gasteiger partial charge in [0.15, 0.2) is 0 Å². The summed E-state index contributed by atoms with van der Waals surface area (Å²) >= 11 is 0. The van der Waals surface area contributed by atoms with Crippen molar-refractivity contribution in [3.05, 3.63) is 64.7 Å². The van der Waals surface area contributed by atoms with Crippen LogP contribution in [0.3, 0.4) is 0 Å². The third-order valence-corrected chi connectivity index (χ3v) is 4.14. The first kappa shape index (κ1) is 14.8. The molecule has 3 rings (SSSR count). The molecule has 0 N–H and O–H groups in total. The Morgan fingerprint density at radius 2 is 1.45 bits per heavy atom. The van der Waals surface area contributed by atoms with Gasteiger partial charge in [-0.05, 0) is 62.6 Å². The summed E-state index contributed by atoms with van der Waals surface area (Å²) in [6.45, 7) is 10.9. The van der Waals surface area contributed by atoms with Crippen LogP contribution in [-0.2, 0) is 0 Å². The van der Waals surface area contributed by atoms with Crippen LogP contribution >= 0.6 is 0 Å². The second-order valence-electron chi connectivity index (χ2n) is 6.65. The van der Waals surface area contributed by atoms with Crippen LogP contribution in [0.15, 0.2) is 42.5 Å². The predicted octanol–water partition coefficient (Wildman–Crippen LogP) is 5.95. The number of hydrogen-bond acceptors (Lipinski definition) is 1. The molecule has 1 aromatic heterocycles. The standard InChI is InChI=1S/C21H23N/c1-13(2)18-12-21(17-9-15(4)8-16(5)10-17)22-20-7-6-14(3)11-19(18)20/h6-13H,1-5H3. The summed E-state index contributed by atoms with van der Waals surface area (Å²) in [5.41, 5.74) is 8.61. The quantitative estimate of drug-likeness (QED) is 0.568. The Hall–Kier alpha value is -2.15. The number of pyridine rings is 1. The van der Waals surface area contributed by atoms with Gasteiger partial charge in [-0.3, -0.25) is 0 Å². The van der Waals surface area contributed by atoms with E-state index in [2.05, 4.69) is 77.1 Å². The van der Waals surface area contributed by atoms with E-state index in [0.717, 1.165) is 11.2 Å². The van der Waals surface area contributed by atoms with Gasteiger partial charge in [-0.1, -0.05) is 42.7 Å². The molecule has 0 saturated heterocycles. The zero-order valence-corrected chi connectivity index (χ0v) is 14.1. The van der Waals surface area contributed by atoms with Crippen molar-refractivity contribution in [2.24, 2.45) is 0 Å². The number of benzene rings is 2. The summed E-state index contributed by atoms with van der Waals surface area (Å²) < 4.78 is 0. The van der Waals surface area contributed by atoms with E-state index in [-0.39, 0.29) is 0 Å². The fourth-order valence-electron chi connectivity index (χ4n) is 3.11. The van der Waals surface area contributed by atoms with Crippen molar-refractivity contribution >= 4 is 10.9 Å². The minimum Gasteiger partial charge on any atom is -0.248 e. The maximum Gasteiger partial charge on any atom is 0.0712 e. The Labute approximate surface area is 133 Å². The molecule has 1 nitrogen and oxygen atoms in total. The van der Waals surface area contributed by atoms with E-state index in [1.807, 2.05) is 0 Å². The summed E-state index contributed by atoms with van der Waals surface area (Å²) in [5.74, 6) is 0.483. The zero-order valence-electron chi connectivity index (χ0n) is 14.1. The summed E-state index contributed by atoms with van der Waals surface area (Å²) in [7, 11) is 0. The second-order valence-corrected chi connectivity index (χ2v) is 6.65. The van der Waals surface area contributed by atoms with E-state index in [1.54, 1.807) is 0 Å². The van der Waals surface area contributed by atoms with Crippen LogP contribution in [0.4, 0.5) is 0 Å². The highest BCUT2D eigenvalue weighted by Crippen LogP contribution is 2.30. The van der Waals surface area contributed by atoms with Gasteiger partial charge in [-0.25, -0.2) is 4.98 Å². The van der Waals surface area contributed by atoms with Crippen LogP contribution in [0.25, 0.3) is 22.2 Å². The lowest BCUT2D eigenvalue weighted by molar-refractivity contribution is 0.875. The number of fused-ring (bicyclic) bond motifs is 1. The summed E-state index contributed by atoms with van der Waals surface area (Å²) in [5, 5.41) is 1.28. The second kappa shape index (κ2) is 5.57. The fraction of sp³-hybridized carbons (Fsp3) is 0.286. The summed E-state index contributed by atoms with van der Waals surface area (Å²) in [6.07, 6.45) is 0. The highest BCUT2D eigenvalue weighted by Gasteiger charge is 2.11. The third kappa shape index (κ3) is 2.76. The van der Waals surface area contributed by atoms with E-state index in [0.29, 0.717) is 5.92 Å². The Morgan fingerprint density at radius 3 is 2.09 bits per heavy atom. The van der Waals surface area contributed by atoms with Crippen LogP contribution in [0.5, 0.6) is 0 Å². The van der Waals surface area contributed by atoms with Crippen molar-refractivity contribution in [3.8, 4) is 11.3 Å². The average molecular weight is 289 g/mol. The molecular weight excluding hydrogens is 266 g/mol. The van der Waals surface area contributed by atoms with Gasteiger partial charge >= 0.3 is 0 Å². The normalized spacial score (nSPS) is 11.4. The minimum atomic E-state index is 0.483. The van der Waals surface area contributed by atoms with E-state index >= 15 is 0 Å². The molecule has 0 spiro atoms. The lowest BCUT2D eigenvalue weighted by Crippen LogP contribution is -1.96. The molecule has 0 fully saturated rings. The Bertz CT molecular complexity index is 824. The molecule has 2 aromatic carbocycles. The highest BCUT2D eigenvalue weighted by atomic mass is 14.7. The van der Waals surface area contributed by atoms with Gasteiger partial charge in [0.05, 0.1) is 11.2 Å². The number of aromatic nitrogens is 1. The molecule has 1 heteroatoms.